The number of nitrogens with zero attached hydrogens (tertiary/aromatic N) is 5. The molecular formula is C28H27N7O3. The Balaban J connectivity index is 1.40. The Labute approximate surface area is 220 Å². The summed E-state index contributed by atoms with van der Waals surface area (Å²) >= 11 is 0. The van der Waals surface area contributed by atoms with Crippen LogP contribution in [0, 0.1) is 11.8 Å². The number of aromatic nitrogens is 4. The van der Waals surface area contributed by atoms with Gasteiger partial charge in [-0.15, -0.1) is 0 Å². The molecule has 10 heteroatoms. The molecule has 0 saturated carbocycles. The fourth-order valence-corrected chi connectivity index (χ4v) is 4.46. The van der Waals surface area contributed by atoms with E-state index in [2.05, 4.69) is 47.3 Å². The molecule has 0 unspecified atom stereocenters. The fourth-order valence-electron chi connectivity index (χ4n) is 4.46. The molecule has 1 fully saturated rings. The summed E-state index contributed by atoms with van der Waals surface area (Å²) in [6, 6.07) is 9.40. The van der Waals surface area contributed by atoms with Crippen LogP contribution in [0.2, 0.25) is 0 Å². The Bertz CT molecular complexity index is 1540. The highest BCUT2D eigenvalue weighted by atomic mass is 16.5. The van der Waals surface area contributed by atoms with Gasteiger partial charge in [0.25, 0.3) is 0 Å². The highest BCUT2D eigenvalue weighted by molar-refractivity contribution is 5.96. The highest BCUT2D eigenvalue weighted by Crippen LogP contribution is 2.28. The number of ether oxygens (including phenoxy) is 3. The first-order chi connectivity index (χ1) is 18.7. The number of hydrogen-bond acceptors (Lipinski definition) is 10. The maximum atomic E-state index is 6.16. The summed E-state index contributed by atoms with van der Waals surface area (Å²) in [6.45, 7) is 3.18. The Morgan fingerprint density at radius 2 is 1.92 bits per heavy atom. The molecular weight excluding hydrogens is 482 g/mol. The number of methoxy groups -OCH3 is 1. The summed E-state index contributed by atoms with van der Waals surface area (Å²) in [7, 11) is 3.58. The van der Waals surface area contributed by atoms with Gasteiger partial charge < -0.3 is 24.8 Å². The standard InChI is InChI=1S/C28H27N7O3/c1-29-28-23-14-31-26-11-22(23)18(12-32-28)6-7-20-10-24(19(13-30-20)15-35-16-21(17-35)36-2)37-8-9-38-27-5-3-4-25(33-26)34-27/h3-5,10-14,21H,8-9,15-17H2,1-2H3,(H,29,32)(H,31,33,34). The van der Waals surface area contributed by atoms with Crippen molar-refractivity contribution >= 4 is 28.2 Å². The van der Waals surface area contributed by atoms with E-state index < -0.39 is 0 Å². The average molecular weight is 510 g/mol. The van der Waals surface area contributed by atoms with Crippen LogP contribution in [0.3, 0.4) is 0 Å². The number of pyridine rings is 4. The van der Waals surface area contributed by atoms with Gasteiger partial charge in [-0.2, -0.15) is 4.98 Å². The third-order valence-corrected chi connectivity index (χ3v) is 6.50. The first kappa shape index (κ1) is 23.9. The van der Waals surface area contributed by atoms with Gasteiger partial charge in [0.05, 0.1) is 11.7 Å². The number of nitrogens with one attached hydrogen (secondary N) is 2. The first-order valence-electron chi connectivity index (χ1n) is 12.4. The highest BCUT2D eigenvalue weighted by Gasteiger charge is 2.27. The van der Waals surface area contributed by atoms with Gasteiger partial charge in [0.15, 0.2) is 0 Å². The van der Waals surface area contributed by atoms with Gasteiger partial charge >= 0.3 is 0 Å². The lowest BCUT2D eigenvalue weighted by molar-refractivity contribution is -0.0337. The molecule has 2 N–H and O–H groups in total. The normalized spacial score (nSPS) is 15.3. The topological polar surface area (TPSA) is 107 Å². The van der Waals surface area contributed by atoms with Crippen LogP contribution in [0.25, 0.3) is 10.8 Å². The molecule has 10 nitrogen and oxygen atoms in total. The average Bonchev–Trinajstić information content (AvgIpc) is 2.92. The Kier molecular flexibility index (Phi) is 6.60. The molecule has 6 rings (SSSR count). The minimum absolute atomic E-state index is 0.278. The van der Waals surface area contributed by atoms with Gasteiger partial charge in [-0.1, -0.05) is 12.0 Å². The molecule has 0 atom stereocenters. The van der Waals surface area contributed by atoms with Crippen molar-refractivity contribution in [1.82, 2.24) is 24.8 Å². The van der Waals surface area contributed by atoms with Crippen molar-refractivity contribution in [3.05, 3.63) is 65.7 Å². The van der Waals surface area contributed by atoms with Crippen molar-refractivity contribution in [2.24, 2.45) is 0 Å². The van der Waals surface area contributed by atoms with Gasteiger partial charge in [-0.25, -0.2) is 15.0 Å². The maximum Gasteiger partial charge on any atom is 0.215 e. The molecule has 1 saturated heterocycles. The molecule has 38 heavy (non-hydrogen) atoms. The van der Waals surface area contributed by atoms with Gasteiger partial charge in [-0.05, 0) is 18.1 Å². The summed E-state index contributed by atoms with van der Waals surface area (Å²) in [5.41, 5.74) is 2.37. The van der Waals surface area contributed by atoms with Crippen molar-refractivity contribution in [2.75, 3.05) is 51.1 Å². The molecule has 6 heterocycles. The number of hydrogen-bond donors (Lipinski definition) is 2. The lowest BCUT2D eigenvalue weighted by atomic mass is 10.1. The zero-order valence-electron chi connectivity index (χ0n) is 21.2. The van der Waals surface area contributed by atoms with E-state index in [0.29, 0.717) is 36.4 Å². The molecule has 0 aromatic carbocycles. The number of likely N-dealkylation sites (tertiary alicyclic amines) is 1. The van der Waals surface area contributed by atoms with Crippen molar-refractivity contribution in [3.63, 3.8) is 0 Å². The molecule has 6 bridgehead atoms. The van der Waals surface area contributed by atoms with E-state index in [9.17, 15) is 0 Å². The third-order valence-electron chi connectivity index (χ3n) is 6.50. The third kappa shape index (κ3) is 5.02. The van der Waals surface area contributed by atoms with Crippen LogP contribution in [0.4, 0.5) is 17.5 Å². The molecule has 2 aliphatic rings. The second kappa shape index (κ2) is 10.5. The van der Waals surface area contributed by atoms with Gasteiger partial charge in [-0.3, -0.25) is 4.90 Å². The maximum absolute atomic E-state index is 6.16. The van der Waals surface area contributed by atoms with E-state index in [0.717, 1.165) is 53.1 Å². The van der Waals surface area contributed by atoms with Crippen molar-refractivity contribution in [3.8, 4) is 23.5 Å². The van der Waals surface area contributed by atoms with Crippen molar-refractivity contribution in [2.45, 2.75) is 12.6 Å². The quantitative estimate of drug-likeness (QED) is 0.398. The van der Waals surface area contributed by atoms with Crippen LogP contribution in [-0.4, -0.2) is 71.4 Å². The Morgan fingerprint density at radius 1 is 1.03 bits per heavy atom. The monoisotopic (exact) mass is 509 g/mol. The lowest BCUT2D eigenvalue weighted by Crippen LogP contribution is -2.50. The van der Waals surface area contributed by atoms with E-state index in [-0.39, 0.29) is 6.10 Å². The molecule has 2 aliphatic heterocycles. The zero-order chi connectivity index (χ0) is 25.9. The summed E-state index contributed by atoms with van der Waals surface area (Å²) in [5.74, 6) is 9.67. The predicted octanol–water partition coefficient (Wildman–Crippen LogP) is 3.21. The van der Waals surface area contributed by atoms with E-state index in [1.54, 1.807) is 19.5 Å². The summed E-state index contributed by atoms with van der Waals surface area (Å²) in [6.07, 6.45) is 5.65. The molecule has 192 valence electrons. The van der Waals surface area contributed by atoms with Gasteiger partial charge in [0.1, 0.15) is 42.1 Å². The molecule has 4 aromatic rings. The Morgan fingerprint density at radius 3 is 2.79 bits per heavy atom. The Hall–Kier alpha value is -4.46. The SMILES string of the molecule is CNc1ncc2c3cc(ncc13)Nc1cccc(n1)OCCOc1cc(ncc1CN1CC(OC)C1)C#C2. The van der Waals surface area contributed by atoms with Crippen molar-refractivity contribution < 1.29 is 14.2 Å². The minimum Gasteiger partial charge on any atom is -0.490 e. The predicted molar refractivity (Wildman–Crippen MR) is 144 cm³/mol. The van der Waals surface area contributed by atoms with Crippen LogP contribution in [0.5, 0.6) is 11.6 Å². The lowest BCUT2D eigenvalue weighted by Gasteiger charge is -2.38. The van der Waals surface area contributed by atoms with Gasteiger partial charge in [0, 0.05) is 80.9 Å². The van der Waals surface area contributed by atoms with Crippen LogP contribution >= 0.6 is 0 Å². The van der Waals surface area contributed by atoms with E-state index >= 15 is 0 Å². The first-order valence-corrected chi connectivity index (χ1v) is 12.4. The smallest absolute Gasteiger partial charge is 0.215 e. The van der Waals surface area contributed by atoms with Crippen LogP contribution in [-0.2, 0) is 11.3 Å². The molecule has 0 radical (unpaired) electrons. The van der Waals surface area contributed by atoms with Crippen LogP contribution in [0.15, 0.2) is 48.9 Å². The van der Waals surface area contributed by atoms with E-state index in [1.165, 1.54) is 0 Å². The fraction of sp³-hybridized carbons (Fsp3) is 0.286. The molecule has 4 aromatic heterocycles. The molecule has 0 amide bonds. The number of rotatable bonds is 4. The molecule has 0 aliphatic carbocycles. The number of anilines is 3. The largest absolute Gasteiger partial charge is 0.490 e. The van der Waals surface area contributed by atoms with Crippen molar-refractivity contribution in [1.29, 1.82) is 0 Å². The minimum atomic E-state index is 0.278. The van der Waals surface area contributed by atoms with Crippen LogP contribution in [0.1, 0.15) is 16.8 Å². The second-order valence-corrected chi connectivity index (χ2v) is 9.05. The van der Waals surface area contributed by atoms with E-state index in [1.807, 2.05) is 43.6 Å². The second-order valence-electron chi connectivity index (χ2n) is 9.05. The van der Waals surface area contributed by atoms with Gasteiger partial charge in [0.2, 0.25) is 5.88 Å². The summed E-state index contributed by atoms with van der Waals surface area (Å²) in [5, 5.41) is 8.16. The molecule has 0 spiro atoms. The van der Waals surface area contributed by atoms with E-state index in [4.69, 9.17) is 14.2 Å². The summed E-state index contributed by atoms with van der Waals surface area (Å²) < 4.78 is 17.4. The number of fused-ring (bicyclic) bond motifs is 5. The van der Waals surface area contributed by atoms with Crippen LogP contribution < -0.4 is 20.1 Å². The zero-order valence-corrected chi connectivity index (χ0v) is 21.2. The summed E-state index contributed by atoms with van der Waals surface area (Å²) in [4.78, 5) is 20.6.